The number of nitrogens with one attached hydrogen (secondary N) is 1. The predicted molar refractivity (Wildman–Crippen MR) is 61.5 cm³/mol. The van der Waals surface area contributed by atoms with E-state index in [4.69, 9.17) is 16.6 Å². The molecule has 0 spiro atoms. The normalized spacial score (nSPS) is 11.8. The number of rotatable bonds is 5. The van der Waals surface area contributed by atoms with Crippen LogP contribution in [0.4, 0.5) is 5.82 Å². The lowest BCUT2D eigenvalue weighted by Crippen LogP contribution is -2.44. The summed E-state index contributed by atoms with van der Waals surface area (Å²) in [4.78, 5) is 36.5. The number of carboxylic acids is 1. The van der Waals surface area contributed by atoms with Crippen molar-refractivity contribution in [2.45, 2.75) is 12.6 Å². The molecular formula is C9H13N5O4. The second-order valence-electron chi connectivity index (χ2n) is 3.51. The van der Waals surface area contributed by atoms with Gasteiger partial charge in [0.25, 0.3) is 0 Å². The standard InChI is InChI=1S/C9H13N5O4/c10-5(8(16)17)3-12-7(15)4-14-2-1-6(11)13-9(14)18/h1-2,5H,3-4,10H2,(H,12,15)(H,16,17)(H2,11,13,18). The molecule has 0 aromatic carbocycles. The number of aromatic nitrogens is 2. The molecule has 9 nitrogen and oxygen atoms in total. The van der Waals surface area contributed by atoms with Crippen LogP contribution in [0.3, 0.4) is 0 Å². The van der Waals surface area contributed by atoms with Crippen LogP contribution in [-0.2, 0) is 16.1 Å². The SMILES string of the molecule is Nc1ccn(CC(=O)NCC(N)C(=O)O)c(=O)n1. The maximum absolute atomic E-state index is 11.4. The third-order valence-electron chi connectivity index (χ3n) is 2.05. The van der Waals surface area contributed by atoms with Gasteiger partial charge in [0.2, 0.25) is 5.91 Å². The monoisotopic (exact) mass is 255 g/mol. The minimum absolute atomic E-state index is 0.0598. The highest BCUT2D eigenvalue weighted by atomic mass is 16.4. The summed E-state index contributed by atoms with van der Waals surface area (Å²) in [5.41, 5.74) is 9.82. The first-order valence-electron chi connectivity index (χ1n) is 4.98. The predicted octanol–water partition coefficient (Wildman–Crippen LogP) is -2.65. The summed E-state index contributed by atoms with van der Waals surface area (Å²) >= 11 is 0. The zero-order valence-electron chi connectivity index (χ0n) is 9.37. The van der Waals surface area contributed by atoms with Crippen molar-refractivity contribution in [1.82, 2.24) is 14.9 Å². The highest BCUT2D eigenvalue weighted by Crippen LogP contribution is 1.89. The van der Waals surface area contributed by atoms with Crippen LogP contribution in [0, 0.1) is 0 Å². The topological polar surface area (TPSA) is 153 Å². The van der Waals surface area contributed by atoms with E-state index in [0.717, 1.165) is 4.57 Å². The van der Waals surface area contributed by atoms with Gasteiger partial charge in [-0.3, -0.25) is 14.2 Å². The molecule has 6 N–H and O–H groups in total. The first kappa shape index (κ1) is 13.6. The summed E-state index contributed by atoms with van der Waals surface area (Å²) in [5, 5.41) is 10.8. The van der Waals surface area contributed by atoms with Crippen molar-refractivity contribution < 1.29 is 14.7 Å². The third kappa shape index (κ3) is 3.87. The lowest BCUT2D eigenvalue weighted by Gasteiger charge is -2.09. The summed E-state index contributed by atoms with van der Waals surface area (Å²) in [6.45, 7) is -0.496. The number of aliphatic carboxylic acids is 1. The van der Waals surface area contributed by atoms with Crippen LogP contribution in [0.5, 0.6) is 0 Å². The molecule has 1 rings (SSSR count). The molecule has 1 unspecified atom stereocenters. The molecule has 1 aromatic heterocycles. The number of amides is 1. The molecule has 0 radical (unpaired) electrons. The molecule has 98 valence electrons. The fraction of sp³-hybridized carbons (Fsp3) is 0.333. The van der Waals surface area contributed by atoms with Crippen LogP contribution in [-0.4, -0.2) is 39.1 Å². The molecule has 1 amide bonds. The minimum atomic E-state index is -1.22. The van der Waals surface area contributed by atoms with Gasteiger partial charge in [-0.1, -0.05) is 0 Å². The van der Waals surface area contributed by atoms with Gasteiger partial charge in [-0.15, -0.1) is 0 Å². The van der Waals surface area contributed by atoms with Gasteiger partial charge in [0.1, 0.15) is 18.4 Å². The Morgan fingerprint density at radius 1 is 1.56 bits per heavy atom. The largest absolute Gasteiger partial charge is 0.480 e. The van der Waals surface area contributed by atoms with Crippen molar-refractivity contribution in [3.63, 3.8) is 0 Å². The van der Waals surface area contributed by atoms with Crippen molar-refractivity contribution in [1.29, 1.82) is 0 Å². The maximum atomic E-state index is 11.4. The molecule has 0 aliphatic heterocycles. The van der Waals surface area contributed by atoms with Crippen molar-refractivity contribution in [3.05, 3.63) is 22.7 Å². The highest BCUT2D eigenvalue weighted by molar-refractivity contribution is 5.78. The van der Waals surface area contributed by atoms with Crippen LogP contribution < -0.4 is 22.5 Å². The summed E-state index contributed by atoms with van der Waals surface area (Å²) in [5.74, 6) is -1.70. The summed E-state index contributed by atoms with van der Waals surface area (Å²) in [6, 6.07) is 0.188. The number of hydrogen-bond donors (Lipinski definition) is 4. The van der Waals surface area contributed by atoms with Crippen LogP contribution in [0.1, 0.15) is 0 Å². The van der Waals surface area contributed by atoms with Gasteiger partial charge in [-0.05, 0) is 6.07 Å². The van der Waals surface area contributed by atoms with Crippen molar-refractivity contribution in [3.8, 4) is 0 Å². The number of nitrogens with zero attached hydrogens (tertiary/aromatic N) is 2. The lowest BCUT2D eigenvalue weighted by atomic mass is 10.3. The first-order valence-corrected chi connectivity index (χ1v) is 4.98. The number of nitrogens with two attached hydrogens (primary N) is 2. The Labute approximate surface area is 101 Å². The van der Waals surface area contributed by atoms with E-state index in [0.29, 0.717) is 0 Å². The number of nitrogen functional groups attached to an aromatic ring is 1. The average Bonchev–Trinajstić information content (AvgIpc) is 2.29. The van der Waals surface area contributed by atoms with Crippen molar-refractivity contribution in [2.24, 2.45) is 5.73 Å². The van der Waals surface area contributed by atoms with Crippen LogP contribution in [0.25, 0.3) is 0 Å². The van der Waals surface area contributed by atoms with E-state index in [1.807, 2.05) is 0 Å². The number of hydrogen-bond acceptors (Lipinski definition) is 6. The van der Waals surface area contributed by atoms with Gasteiger partial charge in [-0.25, -0.2) is 4.79 Å². The highest BCUT2D eigenvalue weighted by Gasteiger charge is 2.13. The molecule has 0 aliphatic rings. The van der Waals surface area contributed by atoms with E-state index >= 15 is 0 Å². The number of carboxylic acid groups (broad SMARTS) is 1. The molecule has 9 heteroatoms. The van der Waals surface area contributed by atoms with E-state index in [9.17, 15) is 14.4 Å². The van der Waals surface area contributed by atoms with E-state index in [1.165, 1.54) is 12.3 Å². The fourth-order valence-corrected chi connectivity index (χ4v) is 1.08. The fourth-order valence-electron chi connectivity index (χ4n) is 1.08. The summed E-state index contributed by atoms with van der Waals surface area (Å²) in [7, 11) is 0. The Kier molecular flexibility index (Phi) is 4.38. The van der Waals surface area contributed by atoms with Gasteiger partial charge < -0.3 is 21.9 Å². The smallest absolute Gasteiger partial charge is 0.349 e. The number of carbonyl (C=O) groups is 2. The molecule has 1 heterocycles. The summed E-state index contributed by atoms with van der Waals surface area (Å²) in [6.07, 6.45) is 1.32. The maximum Gasteiger partial charge on any atom is 0.349 e. The van der Waals surface area contributed by atoms with Gasteiger partial charge in [0, 0.05) is 12.7 Å². The molecule has 0 saturated heterocycles. The minimum Gasteiger partial charge on any atom is -0.480 e. The van der Waals surface area contributed by atoms with Gasteiger partial charge in [0.05, 0.1) is 0 Å². The van der Waals surface area contributed by atoms with E-state index in [1.54, 1.807) is 0 Å². The molecule has 1 atom stereocenters. The Morgan fingerprint density at radius 3 is 2.78 bits per heavy atom. The van der Waals surface area contributed by atoms with Crippen molar-refractivity contribution in [2.75, 3.05) is 12.3 Å². The molecule has 1 aromatic rings. The second kappa shape index (κ2) is 5.77. The Morgan fingerprint density at radius 2 is 2.22 bits per heavy atom. The number of anilines is 1. The van der Waals surface area contributed by atoms with E-state index in [2.05, 4.69) is 10.3 Å². The molecule has 0 aliphatic carbocycles. The third-order valence-corrected chi connectivity index (χ3v) is 2.05. The van der Waals surface area contributed by atoms with Crippen LogP contribution in [0.2, 0.25) is 0 Å². The van der Waals surface area contributed by atoms with Gasteiger partial charge in [0.15, 0.2) is 0 Å². The molecule has 0 fully saturated rings. The number of carbonyl (C=O) groups excluding carboxylic acids is 1. The molecule has 0 saturated carbocycles. The molecular weight excluding hydrogens is 242 g/mol. The van der Waals surface area contributed by atoms with Gasteiger partial charge >= 0.3 is 11.7 Å². The molecule has 0 bridgehead atoms. The van der Waals surface area contributed by atoms with Crippen LogP contribution >= 0.6 is 0 Å². The Hall–Kier alpha value is -2.42. The zero-order valence-corrected chi connectivity index (χ0v) is 9.37. The van der Waals surface area contributed by atoms with Gasteiger partial charge in [-0.2, -0.15) is 4.98 Å². The average molecular weight is 255 g/mol. The molecule has 18 heavy (non-hydrogen) atoms. The second-order valence-corrected chi connectivity index (χ2v) is 3.51. The van der Waals surface area contributed by atoms with Crippen LogP contribution in [0.15, 0.2) is 17.1 Å². The Bertz CT molecular complexity index is 512. The quantitative estimate of drug-likeness (QED) is 0.448. The van der Waals surface area contributed by atoms with E-state index in [-0.39, 0.29) is 18.9 Å². The Balaban J connectivity index is 2.55. The zero-order chi connectivity index (χ0) is 13.7. The van der Waals surface area contributed by atoms with Crippen molar-refractivity contribution >= 4 is 17.7 Å². The summed E-state index contributed by atoms with van der Waals surface area (Å²) < 4.78 is 1.04. The first-order chi connectivity index (χ1) is 8.40. The lowest BCUT2D eigenvalue weighted by molar-refractivity contribution is -0.138. The van der Waals surface area contributed by atoms with E-state index < -0.39 is 23.6 Å².